The molecule has 0 amide bonds. The normalized spacial score (nSPS) is 23.3. The van der Waals surface area contributed by atoms with E-state index in [4.69, 9.17) is 10.1 Å². The lowest BCUT2D eigenvalue weighted by Gasteiger charge is -2.26. The molecule has 2 aliphatic rings. The molecule has 3 N–H and O–H groups in total. The Bertz CT molecular complexity index is 269. The van der Waals surface area contributed by atoms with Crippen molar-refractivity contribution in [1.29, 1.82) is 0 Å². The van der Waals surface area contributed by atoms with Gasteiger partial charge in [0, 0.05) is 12.6 Å². The smallest absolute Gasteiger partial charge is 0.191 e. The summed E-state index contributed by atoms with van der Waals surface area (Å²) in [5, 5.41) is 15.8. The zero-order chi connectivity index (χ0) is 13.3. The van der Waals surface area contributed by atoms with Crippen LogP contribution in [-0.2, 0) is 0 Å². The minimum absolute atomic E-state index is 0.163. The van der Waals surface area contributed by atoms with Crippen molar-refractivity contribution in [3.8, 4) is 0 Å². The predicted octanol–water partition coefficient (Wildman–Crippen LogP) is 2.18. The monoisotopic (exact) mass is 267 g/mol. The van der Waals surface area contributed by atoms with Crippen LogP contribution < -0.4 is 10.6 Å². The first-order valence-electron chi connectivity index (χ1n) is 8.07. The Kier molecular flexibility index (Phi) is 6.48. The maximum Gasteiger partial charge on any atom is 0.191 e. The molecular weight excluding hydrogens is 238 g/mol. The molecule has 0 aromatic heterocycles. The second-order valence-electron chi connectivity index (χ2n) is 5.90. The van der Waals surface area contributed by atoms with Gasteiger partial charge in [-0.2, -0.15) is 0 Å². The first-order valence-corrected chi connectivity index (χ1v) is 8.07. The summed E-state index contributed by atoms with van der Waals surface area (Å²) < 4.78 is 0. The van der Waals surface area contributed by atoms with E-state index in [2.05, 4.69) is 10.6 Å². The van der Waals surface area contributed by atoms with Gasteiger partial charge in [0.15, 0.2) is 5.96 Å². The average molecular weight is 267 g/mol. The molecule has 19 heavy (non-hydrogen) atoms. The molecular formula is C15H29N3O. The predicted molar refractivity (Wildman–Crippen MR) is 79.4 cm³/mol. The van der Waals surface area contributed by atoms with E-state index in [-0.39, 0.29) is 6.61 Å². The van der Waals surface area contributed by atoms with Crippen LogP contribution in [0.4, 0.5) is 0 Å². The Morgan fingerprint density at radius 1 is 0.947 bits per heavy atom. The molecule has 4 heteroatoms. The lowest BCUT2D eigenvalue weighted by atomic mass is 9.95. The molecule has 0 aromatic rings. The molecule has 0 bridgehead atoms. The number of aliphatic hydroxyl groups excluding tert-OH is 1. The lowest BCUT2D eigenvalue weighted by molar-refractivity contribution is 0.299. The molecule has 0 heterocycles. The number of nitrogens with zero attached hydrogens (tertiary/aromatic N) is 1. The zero-order valence-electron chi connectivity index (χ0n) is 12.0. The minimum Gasteiger partial charge on any atom is -0.395 e. The van der Waals surface area contributed by atoms with Crippen molar-refractivity contribution in [3.05, 3.63) is 0 Å². The third-order valence-corrected chi connectivity index (χ3v) is 4.24. The van der Waals surface area contributed by atoms with Crippen LogP contribution in [0.5, 0.6) is 0 Å². The number of hydrogen-bond acceptors (Lipinski definition) is 2. The van der Waals surface area contributed by atoms with Gasteiger partial charge in [0.2, 0.25) is 0 Å². The highest BCUT2D eigenvalue weighted by atomic mass is 16.3. The molecule has 0 saturated heterocycles. The van der Waals surface area contributed by atoms with E-state index in [1.807, 2.05) is 0 Å². The van der Waals surface area contributed by atoms with Crippen molar-refractivity contribution in [2.45, 2.75) is 76.3 Å². The highest BCUT2D eigenvalue weighted by molar-refractivity contribution is 5.80. The first kappa shape index (κ1) is 14.6. The van der Waals surface area contributed by atoms with Gasteiger partial charge in [-0.25, -0.2) is 4.99 Å². The van der Waals surface area contributed by atoms with Crippen LogP contribution in [0.15, 0.2) is 4.99 Å². The SMILES string of the molecule is OCCN/C(=N/C1CCCCC1)NC1CCCCC1. The molecule has 2 fully saturated rings. The molecule has 0 aliphatic heterocycles. The summed E-state index contributed by atoms with van der Waals surface area (Å²) in [4.78, 5) is 4.85. The Morgan fingerprint density at radius 2 is 1.58 bits per heavy atom. The fourth-order valence-electron chi connectivity index (χ4n) is 3.14. The fourth-order valence-corrected chi connectivity index (χ4v) is 3.14. The number of nitrogens with one attached hydrogen (secondary N) is 2. The van der Waals surface area contributed by atoms with Crippen molar-refractivity contribution < 1.29 is 5.11 Å². The number of guanidine groups is 1. The highest BCUT2D eigenvalue weighted by Crippen LogP contribution is 2.21. The number of rotatable bonds is 4. The Hall–Kier alpha value is -0.770. The van der Waals surface area contributed by atoms with Crippen LogP contribution in [0.1, 0.15) is 64.2 Å². The van der Waals surface area contributed by atoms with Gasteiger partial charge in [-0.05, 0) is 25.7 Å². The Balaban J connectivity index is 1.87. The summed E-state index contributed by atoms with van der Waals surface area (Å²) in [7, 11) is 0. The molecule has 2 aliphatic carbocycles. The van der Waals surface area contributed by atoms with E-state index >= 15 is 0 Å². The van der Waals surface area contributed by atoms with Crippen LogP contribution in [0.2, 0.25) is 0 Å². The van der Waals surface area contributed by atoms with Gasteiger partial charge >= 0.3 is 0 Å². The molecule has 4 nitrogen and oxygen atoms in total. The van der Waals surface area contributed by atoms with Gasteiger partial charge in [0.1, 0.15) is 0 Å². The maximum absolute atomic E-state index is 8.98. The van der Waals surface area contributed by atoms with Gasteiger partial charge in [0.05, 0.1) is 12.6 Å². The molecule has 2 rings (SSSR count). The van der Waals surface area contributed by atoms with Gasteiger partial charge in [-0.15, -0.1) is 0 Å². The Morgan fingerprint density at radius 3 is 2.21 bits per heavy atom. The van der Waals surface area contributed by atoms with Crippen molar-refractivity contribution in [1.82, 2.24) is 10.6 Å². The van der Waals surface area contributed by atoms with Gasteiger partial charge in [0.25, 0.3) is 0 Å². The molecule has 0 spiro atoms. The van der Waals surface area contributed by atoms with Crippen LogP contribution in [0, 0.1) is 0 Å². The van der Waals surface area contributed by atoms with Gasteiger partial charge in [-0.3, -0.25) is 0 Å². The standard InChI is InChI=1S/C15H29N3O/c19-12-11-16-15(17-13-7-3-1-4-8-13)18-14-9-5-2-6-10-14/h13-14,19H,1-12H2,(H2,16,17,18). The van der Waals surface area contributed by atoms with Crippen molar-refractivity contribution in [3.63, 3.8) is 0 Å². The van der Waals surface area contributed by atoms with E-state index in [1.165, 1.54) is 64.2 Å². The first-order chi connectivity index (χ1) is 9.38. The number of hydrogen-bond donors (Lipinski definition) is 3. The highest BCUT2D eigenvalue weighted by Gasteiger charge is 2.17. The van der Waals surface area contributed by atoms with Gasteiger partial charge in [-0.1, -0.05) is 38.5 Å². The Labute approximate surface area is 117 Å². The third-order valence-electron chi connectivity index (χ3n) is 4.24. The van der Waals surface area contributed by atoms with Crippen LogP contribution in [-0.4, -0.2) is 36.3 Å². The van der Waals surface area contributed by atoms with E-state index in [9.17, 15) is 0 Å². The second-order valence-corrected chi connectivity index (χ2v) is 5.90. The van der Waals surface area contributed by atoms with E-state index in [1.54, 1.807) is 0 Å². The van der Waals surface area contributed by atoms with Crippen molar-refractivity contribution >= 4 is 5.96 Å². The summed E-state index contributed by atoms with van der Waals surface area (Å²) in [6.07, 6.45) is 13.0. The summed E-state index contributed by atoms with van der Waals surface area (Å²) in [6, 6.07) is 1.05. The number of aliphatic hydroxyl groups is 1. The summed E-state index contributed by atoms with van der Waals surface area (Å²) in [6.45, 7) is 0.751. The number of aliphatic imine (C=N–C) groups is 1. The quantitative estimate of drug-likeness (QED) is 0.540. The zero-order valence-corrected chi connectivity index (χ0v) is 12.0. The van der Waals surface area contributed by atoms with E-state index in [0.717, 1.165) is 5.96 Å². The molecule has 0 atom stereocenters. The van der Waals surface area contributed by atoms with E-state index in [0.29, 0.717) is 18.6 Å². The van der Waals surface area contributed by atoms with Crippen molar-refractivity contribution in [2.24, 2.45) is 4.99 Å². The molecule has 110 valence electrons. The van der Waals surface area contributed by atoms with Crippen LogP contribution >= 0.6 is 0 Å². The van der Waals surface area contributed by atoms with Gasteiger partial charge < -0.3 is 15.7 Å². The lowest BCUT2D eigenvalue weighted by Crippen LogP contribution is -2.45. The van der Waals surface area contributed by atoms with Crippen LogP contribution in [0.3, 0.4) is 0 Å². The summed E-state index contributed by atoms with van der Waals surface area (Å²) in [5.41, 5.74) is 0. The molecule has 0 radical (unpaired) electrons. The average Bonchev–Trinajstić information content (AvgIpc) is 2.47. The molecule has 2 saturated carbocycles. The molecule has 0 aromatic carbocycles. The van der Waals surface area contributed by atoms with Crippen molar-refractivity contribution in [2.75, 3.05) is 13.2 Å². The summed E-state index contributed by atoms with van der Waals surface area (Å²) in [5.74, 6) is 0.924. The van der Waals surface area contributed by atoms with Crippen LogP contribution in [0.25, 0.3) is 0 Å². The maximum atomic E-state index is 8.98. The fraction of sp³-hybridized carbons (Fsp3) is 0.933. The minimum atomic E-state index is 0.163. The van der Waals surface area contributed by atoms with E-state index < -0.39 is 0 Å². The molecule has 0 unspecified atom stereocenters. The second kappa shape index (κ2) is 8.41. The topological polar surface area (TPSA) is 56.6 Å². The summed E-state index contributed by atoms with van der Waals surface area (Å²) >= 11 is 0. The largest absolute Gasteiger partial charge is 0.395 e. The third kappa shape index (κ3) is 5.39.